The first-order valence-corrected chi connectivity index (χ1v) is 7.15. The molecule has 4 nitrogen and oxygen atoms in total. The molecule has 0 aromatic carbocycles. The fraction of sp³-hybridized carbons (Fsp3) is 1.00. The zero-order valence-electron chi connectivity index (χ0n) is 10.9. The molecule has 0 rings (SSSR count). The van der Waals surface area contributed by atoms with Crippen LogP contribution < -0.4 is 0 Å². The Labute approximate surface area is 101 Å². The van der Waals surface area contributed by atoms with Gasteiger partial charge in [0.25, 0.3) is 0 Å². The predicted octanol–water partition coefficient (Wildman–Crippen LogP) is 3.51. The number of unbranched alkanes of at least 4 members (excludes halogenated alkanes) is 2. The van der Waals surface area contributed by atoms with Gasteiger partial charge >= 0.3 is 0 Å². The molecule has 0 aliphatic rings. The molecule has 0 bridgehead atoms. The van der Waals surface area contributed by atoms with Crippen molar-refractivity contribution in [1.82, 2.24) is 0 Å². The third-order valence-corrected chi connectivity index (χ3v) is 3.65. The normalized spacial score (nSPS) is 11.6. The van der Waals surface area contributed by atoms with E-state index >= 15 is 0 Å². The van der Waals surface area contributed by atoms with Crippen molar-refractivity contribution in [3.05, 3.63) is 0 Å². The van der Waals surface area contributed by atoms with Crippen LogP contribution in [0, 0.1) is 0 Å². The topological polar surface area (TPSA) is 36.9 Å². The third-order valence-electron chi connectivity index (χ3n) is 2.01. The molecule has 0 fully saturated rings. The summed E-state index contributed by atoms with van der Waals surface area (Å²) in [5.74, 6) is 0. The lowest BCUT2D eigenvalue weighted by atomic mass is 10.4. The molecule has 0 saturated carbocycles. The lowest BCUT2D eigenvalue weighted by molar-refractivity contribution is -0.0554. The summed E-state index contributed by atoms with van der Waals surface area (Å²) in [5, 5.41) is 0. The van der Waals surface area contributed by atoms with E-state index in [0.29, 0.717) is 13.2 Å². The van der Waals surface area contributed by atoms with Gasteiger partial charge < -0.3 is 18.5 Å². The summed E-state index contributed by atoms with van der Waals surface area (Å²) in [4.78, 5) is 0. The first-order valence-electron chi connectivity index (χ1n) is 5.90. The quantitative estimate of drug-likeness (QED) is 0.320. The molecule has 16 heavy (non-hydrogen) atoms. The van der Waals surface area contributed by atoms with Crippen molar-refractivity contribution in [1.29, 1.82) is 0 Å². The summed E-state index contributed by atoms with van der Waals surface area (Å²) in [6.07, 6.45) is 4.30. The second kappa shape index (κ2) is 11.7. The van der Waals surface area contributed by atoms with Crippen LogP contribution in [0.15, 0.2) is 0 Å². The molecular formula is C11H25O4P. The third kappa shape index (κ3) is 7.53. The summed E-state index contributed by atoms with van der Waals surface area (Å²) in [5.41, 5.74) is 0. The highest BCUT2D eigenvalue weighted by atomic mass is 31.2. The van der Waals surface area contributed by atoms with Crippen LogP contribution >= 0.6 is 8.38 Å². The van der Waals surface area contributed by atoms with Crippen LogP contribution in [-0.2, 0) is 18.5 Å². The molecule has 0 saturated heterocycles. The fourth-order valence-electron chi connectivity index (χ4n) is 1.03. The summed E-state index contributed by atoms with van der Waals surface area (Å²) >= 11 is 0. The van der Waals surface area contributed by atoms with Gasteiger partial charge in [-0.05, 0) is 12.8 Å². The summed E-state index contributed by atoms with van der Waals surface area (Å²) in [7, 11) is 2.12. The van der Waals surface area contributed by atoms with E-state index in [2.05, 4.69) is 13.8 Å². The van der Waals surface area contributed by atoms with Crippen LogP contribution in [0.3, 0.4) is 0 Å². The van der Waals surface area contributed by atoms with Crippen LogP contribution in [0.1, 0.15) is 39.5 Å². The minimum absolute atomic E-state index is 0.385. The molecule has 0 atom stereocenters. The van der Waals surface area contributed by atoms with Gasteiger partial charge in [-0.1, -0.05) is 26.7 Å². The Bertz CT molecular complexity index is 132. The smallest absolute Gasteiger partial charge is 0.231 e. The van der Waals surface area contributed by atoms with E-state index < -0.39 is 8.38 Å². The molecule has 0 aliphatic carbocycles. The molecule has 0 amide bonds. The average Bonchev–Trinajstić information content (AvgIpc) is 2.30. The van der Waals surface area contributed by atoms with Gasteiger partial charge in [-0.3, -0.25) is 0 Å². The molecular weight excluding hydrogens is 227 g/mol. The number of hydrogen-bond acceptors (Lipinski definition) is 4. The molecule has 0 unspecified atom stereocenters. The standard InChI is InChI=1S/C11H25O4P/c1-5-7-9-14-16(11(12-3)13-4)15-10-8-6-2/h11H,5-10H2,1-4H3. The van der Waals surface area contributed by atoms with Crippen molar-refractivity contribution in [2.24, 2.45) is 0 Å². The molecule has 0 radical (unpaired) electrons. The highest BCUT2D eigenvalue weighted by molar-refractivity contribution is 7.47. The van der Waals surface area contributed by atoms with Gasteiger partial charge in [0.1, 0.15) is 0 Å². The zero-order chi connectivity index (χ0) is 12.2. The fourth-order valence-corrected chi connectivity index (χ4v) is 2.31. The maximum Gasteiger partial charge on any atom is 0.231 e. The number of ether oxygens (including phenoxy) is 2. The van der Waals surface area contributed by atoms with Gasteiger partial charge in [-0.15, -0.1) is 0 Å². The van der Waals surface area contributed by atoms with Crippen LogP contribution in [0.4, 0.5) is 0 Å². The molecule has 0 aromatic heterocycles. The second-order valence-electron chi connectivity index (χ2n) is 3.44. The van der Waals surface area contributed by atoms with E-state index in [9.17, 15) is 0 Å². The van der Waals surface area contributed by atoms with Gasteiger partial charge in [0.15, 0.2) is 0 Å². The van der Waals surface area contributed by atoms with Crippen molar-refractivity contribution in [2.75, 3.05) is 27.4 Å². The van der Waals surface area contributed by atoms with Crippen molar-refractivity contribution in [3.63, 3.8) is 0 Å². The maximum absolute atomic E-state index is 5.67. The zero-order valence-corrected chi connectivity index (χ0v) is 11.8. The highest BCUT2D eigenvalue weighted by Crippen LogP contribution is 2.44. The number of methoxy groups -OCH3 is 2. The van der Waals surface area contributed by atoms with Crippen LogP contribution in [0.2, 0.25) is 0 Å². The molecule has 0 aliphatic heterocycles. The lowest BCUT2D eigenvalue weighted by Gasteiger charge is -2.23. The van der Waals surface area contributed by atoms with E-state index in [1.165, 1.54) is 0 Å². The maximum atomic E-state index is 5.67. The molecule has 0 spiro atoms. The largest absolute Gasteiger partial charge is 0.348 e. The molecule has 0 aromatic rings. The molecule has 0 heterocycles. The van der Waals surface area contributed by atoms with E-state index in [1.807, 2.05) is 0 Å². The van der Waals surface area contributed by atoms with E-state index in [-0.39, 0.29) is 6.03 Å². The molecule has 98 valence electrons. The van der Waals surface area contributed by atoms with Gasteiger partial charge in [0.2, 0.25) is 14.4 Å². The van der Waals surface area contributed by atoms with E-state index in [4.69, 9.17) is 18.5 Å². The van der Waals surface area contributed by atoms with Crippen LogP contribution in [-0.4, -0.2) is 33.5 Å². The lowest BCUT2D eigenvalue weighted by Crippen LogP contribution is -2.14. The number of hydrogen-bond donors (Lipinski definition) is 0. The van der Waals surface area contributed by atoms with Crippen molar-refractivity contribution >= 4 is 8.38 Å². The van der Waals surface area contributed by atoms with Gasteiger partial charge in [0, 0.05) is 14.2 Å². The first-order chi connectivity index (χ1) is 7.79. The van der Waals surface area contributed by atoms with E-state index in [0.717, 1.165) is 25.7 Å². The van der Waals surface area contributed by atoms with Crippen molar-refractivity contribution < 1.29 is 18.5 Å². The SMILES string of the molecule is CCCCOP(OCCCC)C(OC)OC. The first kappa shape index (κ1) is 16.3. The van der Waals surface area contributed by atoms with Crippen LogP contribution in [0.5, 0.6) is 0 Å². The Morgan fingerprint density at radius 1 is 0.875 bits per heavy atom. The Morgan fingerprint density at radius 3 is 1.62 bits per heavy atom. The number of rotatable bonds is 11. The predicted molar refractivity (Wildman–Crippen MR) is 66.4 cm³/mol. The molecule has 0 N–H and O–H groups in total. The summed E-state index contributed by atoms with van der Waals surface area (Å²) in [6, 6.07) is -0.385. The van der Waals surface area contributed by atoms with E-state index in [1.54, 1.807) is 14.2 Å². The monoisotopic (exact) mass is 252 g/mol. The summed E-state index contributed by atoms with van der Waals surface area (Å²) in [6.45, 7) is 5.68. The Morgan fingerprint density at radius 2 is 1.31 bits per heavy atom. The minimum atomic E-state index is -1.09. The minimum Gasteiger partial charge on any atom is -0.348 e. The average molecular weight is 252 g/mol. The molecule has 5 heteroatoms. The van der Waals surface area contributed by atoms with Gasteiger partial charge in [-0.25, -0.2) is 0 Å². The Balaban J connectivity index is 3.93. The van der Waals surface area contributed by atoms with Gasteiger partial charge in [-0.2, -0.15) is 0 Å². The second-order valence-corrected chi connectivity index (χ2v) is 4.95. The Kier molecular flexibility index (Phi) is 11.9. The van der Waals surface area contributed by atoms with Gasteiger partial charge in [0.05, 0.1) is 13.2 Å². The van der Waals surface area contributed by atoms with Crippen molar-refractivity contribution in [2.45, 2.75) is 45.6 Å². The van der Waals surface area contributed by atoms with Crippen LogP contribution in [0.25, 0.3) is 0 Å². The van der Waals surface area contributed by atoms with Crippen molar-refractivity contribution in [3.8, 4) is 0 Å². The Hall–Kier alpha value is 0.270. The summed E-state index contributed by atoms with van der Waals surface area (Å²) < 4.78 is 21.7. The highest BCUT2D eigenvalue weighted by Gasteiger charge is 2.23.